The first kappa shape index (κ1) is 19.1. The molecule has 2 unspecified atom stereocenters. The third-order valence-corrected chi connectivity index (χ3v) is 7.42. The number of hydrogen-bond acceptors (Lipinski definition) is 3. The number of hydrogen-bond donors (Lipinski definition) is 2. The lowest BCUT2D eigenvalue weighted by Gasteiger charge is -2.58. The van der Waals surface area contributed by atoms with E-state index in [1.54, 1.807) is 6.20 Å². The lowest BCUT2D eigenvalue weighted by Crippen LogP contribution is -2.61. The molecule has 2 N–H and O–H groups in total. The molecule has 0 aliphatic heterocycles. The highest BCUT2D eigenvalue weighted by Gasteiger charge is 2.55. The van der Waals surface area contributed by atoms with E-state index in [2.05, 4.69) is 24.3 Å². The summed E-state index contributed by atoms with van der Waals surface area (Å²) >= 11 is 6.17. The smallest absolute Gasteiger partial charge is 0.255 e. The molecule has 5 nitrogen and oxygen atoms in total. The van der Waals surface area contributed by atoms with E-state index < -0.39 is 5.60 Å². The van der Waals surface area contributed by atoms with E-state index in [1.165, 1.54) is 0 Å². The van der Waals surface area contributed by atoms with Gasteiger partial charge in [0.15, 0.2) is 0 Å². The number of carbonyl (C=O) groups excluding carboxylic acids is 1. The van der Waals surface area contributed by atoms with Crippen LogP contribution in [0.5, 0.6) is 0 Å². The fraction of sp³-hybridized carbons (Fsp3) is 0.565. The Labute approximate surface area is 176 Å². The minimum absolute atomic E-state index is 0.0496. The summed E-state index contributed by atoms with van der Waals surface area (Å²) < 4.78 is 1.82. The van der Waals surface area contributed by atoms with Gasteiger partial charge >= 0.3 is 0 Å². The molecule has 6 rings (SSSR count). The van der Waals surface area contributed by atoms with Crippen LogP contribution in [-0.2, 0) is 0 Å². The number of benzene rings is 1. The zero-order chi connectivity index (χ0) is 20.3. The van der Waals surface area contributed by atoms with Gasteiger partial charge in [0, 0.05) is 11.1 Å². The van der Waals surface area contributed by atoms with Gasteiger partial charge in [-0.15, -0.1) is 0 Å². The molecule has 1 heterocycles. The van der Waals surface area contributed by atoms with Gasteiger partial charge in [-0.1, -0.05) is 31.5 Å². The third-order valence-electron chi connectivity index (χ3n) is 7.19. The first-order chi connectivity index (χ1) is 13.8. The highest BCUT2D eigenvalue weighted by atomic mass is 35.5. The van der Waals surface area contributed by atoms with Crippen molar-refractivity contribution in [1.29, 1.82) is 0 Å². The summed E-state index contributed by atoms with van der Waals surface area (Å²) in [6.45, 7) is 4.15. The largest absolute Gasteiger partial charge is 0.390 e. The fourth-order valence-electron chi connectivity index (χ4n) is 6.35. The van der Waals surface area contributed by atoms with Crippen LogP contribution in [-0.4, -0.2) is 32.4 Å². The first-order valence-corrected chi connectivity index (χ1v) is 11.1. The summed E-state index contributed by atoms with van der Waals surface area (Å²) in [4.78, 5) is 13.3. The Kier molecular flexibility index (Phi) is 4.52. The molecule has 4 saturated carbocycles. The Morgan fingerprint density at radius 1 is 1.28 bits per heavy atom. The van der Waals surface area contributed by atoms with Gasteiger partial charge in [-0.2, -0.15) is 5.10 Å². The van der Waals surface area contributed by atoms with Crippen molar-refractivity contribution in [2.24, 2.45) is 17.8 Å². The van der Waals surface area contributed by atoms with Crippen molar-refractivity contribution in [3.05, 3.63) is 46.7 Å². The molecule has 4 bridgehead atoms. The molecule has 6 heteroatoms. The Morgan fingerprint density at radius 2 is 2.00 bits per heavy atom. The minimum Gasteiger partial charge on any atom is -0.390 e. The topological polar surface area (TPSA) is 67.2 Å². The van der Waals surface area contributed by atoms with E-state index in [0.29, 0.717) is 28.3 Å². The normalized spacial score (nSPS) is 32.7. The standard InChI is InChI=1S/C23H28ClN3O2/c1-13(2)21-19(12-25-27(21)18-5-3-4-17(24)8-18)22(28)26-20-15-6-14-7-16(20)11-23(29,9-14)10-15/h3-5,8,12-16,20,29H,6-7,9-11H2,1-2H3,(H,26,28). The predicted octanol–water partition coefficient (Wildman–Crippen LogP) is 4.32. The molecule has 1 aromatic carbocycles. The monoisotopic (exact) mass is 413 g/mol. The van der Waals surface area contributed by atoms with Crippen LogP contribution >= 0.6 is 11.6 Å². The van der Waals surface area contributed by atoms with E-state index in [4.69, 9.17) is 11.6 Å². The van der Waals surface area contributed by atoms with E-state index in [0.717, 1.165) is 43.5 Å². The van der Waals surface area contributed by atoms with Crippen molar-refractivity contribution in [2.45, 2.75) is 63.5 Å². The number of nitrogens with zero attached hydrogens (tertiary/aromatic N) is 2. The van der Waals surface area contributed by atoms with E-state index in [-0.39, 0.29) is 17.9 Å². The van der Waals surface area contributed by atoms with Gasteiger partial charge in [-0.3, -0.25) is 4.79 Å². The van der Waals surface area contributed by atoms with Gasteiger partial charge in [0.25, 0.3) is 5.91 Å². The van der Waals surface area contributed by atoms with Crippen LogP contribution in [0, 0.1) is 17.8 Å². The van der Waals surface area contributed by atoms with Crippen molar-refractivity contribution in [1.82, 2.24) is 15.1 Å². The highest BCUT2D eigenvalue weighted by molar-refractivity contribution is 6.30. The molecule has 0 spiro atoms. The molecule has 2 aromatic rings. The van der Waals surface area contributed by atoms with Crippen LogP contribution in [0.2, 0.25) is 5.02 Å². The molecule has 0 saturated heterocycles. The number of aromatic nitrogens is 2. The maximum absolute atomic E-state index is 13.3. The Morgan fingerprint density at radius 3 is 2.62 bits per heavy atom. The van der Waals surface area contributed by atoms with Gasteiger partial charge in [0.1, 0.15) is 0 Å². The van der Waals surface area contributed by atoms with Crippen molar-refractivity contribution in [3.63, 3.8) is 0 Å². The third kappa shape index (κ3) is 3.28. The second kappa shape index (κ2) is 6.85. The zero-order valence-corrected chi connectivity index (χ0v) is 17.7. The van der Waals surface area contributed by atoms with Gasteiger partial charge < -0.3 is 10.4 Å². The molecular weight excluding hydrogens is 386 g/mol. The Hall–Kier alpha value is -1.85. The summed E-state index contributed by atoms with van der Waals surface area (Å²) in [7, 11) is 0. The van der Waals surface area contributed by atoms with Gasteiger partial charge in [0.2, 0.25) is 0 Å². The van der Waals surface area contributed by atoms with Gasteiger partial charge in [-0.05, 0) is 74.0 Å². The summed E-state index contributed by atoms with van der Waals surface area (Å²) in [6.07, 6.45) is 6.53. The van der Waals surface area contributed by atoms with Crippen molar-refractivity contribution in [2.75, 3.05) is 0 Å². The van der Waals surface area contributed by atoms with Gasteiger partial charge in [-0.25, -0.2) is 4.68 Å². The minimum atomic E-state index is -0.488. The fourth-order valence-corrected chi connectivity index (χ4v) is 6.53. The maximum Gasteiger partial charge on any atom is 0.255 e. The maximum atomic E-state index is 13.3. The predicted molar refractivity (Wildman–Crippen MR) is 112 cm³/mol. The molecule has 2 atom stereocenters. The zero-order valence-electron chi connectivity index (χ0n) is 16.9. The summed E-state index contributed by atoms with van der Waals surface area (Å²) in [6, 6.07) is 7.69. The highest BCUT2D eigenvalue weighted by Crippen LogP contribution is 2.55. The molecule has 1 aromatic heterocycles. The van der Waals surface area contributed by atoms with E-state index in [9.17, 15) is 9.90 Å². The average Bonchev–Trinajstić information content (AvgIpc) is 3.09. The van der Waals surface area contributed by atoms with Crippen molar-refractivity contribution >= 4 is 17.5 Å². The molecule has 0 radical (unpaired) electrons. The van der Waals surface area contributed by atoms with Crippen LogP contribution in [0.15, 0.2) is 30.5 Å². The molecule has 1 amide bonds. The number of aliphatic hydroxyl groups is 1. The Balaban J connectivity index is 1.42. The molecule has 4 aliphatic rings. The van der Waals surface area contributed by atoms with E-state index >= 15 is 0 Å². The summed E-state index contributed by atoms with van der Waals surface area (Å²) in [5.41, 5.74) is 1.90. The first-order valence-electron chi connectivity index (χ1n) is 10.7. The van der Waals surface area contributed by atoms with Crippen molar-refractivity contribution < 1.29 is 9.90 Å². The van der Waals surface area contributed by atoms with Crippen LogP contribution < -0.4 is 5.32 Å². The number of carbonyl (C=O) groups is 1. The van der Waals surface area contributed by atoms with Crippen LogP contribution in [0.25, 0.3) is 5.69 Å². The second-order valence-electron chi connectivity index (χ2n) is 9.68. The number of nitrogens with one attached hydrogen (secondary N) is 1. The molecule has 154 valence electrons. The SMILES string of the molecule is CC(C)c1c(C(=O)NC2C3CC4CC2CC(O)(C4)C3)cnn1-c1cccc(Cl)c1. The van der Waals surface area contributed by atoms with Gasteiger partial charge in [0.05, 0.1) is 28.7 Å². The molecule has 29 heavy (non-hydrogen) atoms. The number of halogens is 1. The lowest BCUT2D eigenvalue weighted by molar-refractivity contribution is -0.136. The molecular formula is C23H28ClN3O2. The lowest BCUT2D eigenvalue weighted by atomic mass is 9.52. The summed E-state index contributed by atoms with van der Waals surface area (Å²) in [5, 5.41) is 19.3. The number of rotatable bonds is 4. The van der Waals surface area contributed by atoms with Crippen LogP contribution in [0.1, 0.15) is 67.9 Å². The average molecular weight is 414 g/mol. The van der Waals surface area contributed by atoms with Crippen LogP contribution in [0.4, 0.5) is 0 Å². The van der Waals surface area contributed by atoms with Crippen molar-refractivity contribution in [3.8, 4) is 5.69 Å². The number of amides is 1. The quantitative estimate of drug-likeness (QED) is 0.784. The molecule has 4 aliphatic carbocycles. The second-order valence-corrected chi connectivity index (χ2v) is 10.1. The van der Waals surface area contributed by atoms with Crippen LogP contribution in [0.3, 0.4) is 0 Å². The summed E-state index contributed by atoms with van der Waals surface area (Å²) in [5.74, 6) is 1.49. The molecule has 4 fully saturated rings. The van der Waals surface area contributed by atoms with E-state index in [1.807, 2.05) is 28.9 Å². The Bertz CT molecular complexity index is 937.